The van der Waals surface area contributed by atoms with Crippen molar-refractivity contribution < 1.29 is 33.3 Å². The smallest absolute Gasteiger partial charge is 0.409 e. The maximum atomic E-state index is 17.0. The molecule has 0 saturated carbocycles. The van der Waals surface area contributed by atoms with Crippen molar-refractivity contribution in [2.45, 2.75) is 95.2 Å². The summed E-state index contributed by atoms with van der Waals surface area (Å²) in [4.78, 5) is 32.9. The molecule has 282 valence electrons. The number of piperidine rings is 2. The standard InChI is InChI=1S/C40H48F2N6O5/c1-3-28-31(41)10-9-25-19-27(49)20-29(32(25)28)34-33(42)35-30(21-43-34)36(47-17-7-12-39(2,51)23-47)45-37(44-35)53-24-40-13-8-18-48(40)26(11-14-40)22-52-38(50)46-15-5-4-6-16-46/h9-10,19-21,26,49,51H,3-8,11-18,22-24H2,1-2H3/t26-,39+,40-/m0/s1. The van der Waals surface area contributed by atoms with Gasteiger partial charge in [-0.25, -0.2) is 13.6 Å². The topological polar surface area (TPSA) is 124 Å². The first kappa shape index (κ1) is 35.7. The summed E-state index contributed by atoms with van der Waals surface area (Å²) in [6, 6.07) is 5.95. The Morgan fingerprint density at radius 1 is 1.02 bits per heavy atom. The molecule has 4 aromatic rings. The number of pyridine rings is 1. The molecule has 0 bridgehead atoms. The number of aliphatic hydroxyl groups is 1. The van der Waals surface area contributed by atoms with Crippen LogP contribution in [0.3, 0.4) is 0 Å². The zero-order chi connectivity index (χ0) is 36.9. The van der Waals surface area contributed by atoms with Crippen LogP contribution in [-0.2, 0) is 11.2 Å². The molecule has 0 spiro atoms. The number of aryl methyl sites for hydroxylation is 1. The number of amides is 1. The minimum atomic E-state index is -0.969. The number of hydrogen-bond donors (Lipinski definition) is 2. The molecule has 4 fully saturated rings. The molecule has 4 aliphatic rings. The predicted molar refractivity (Wildman–Crippen MR) is 197 cm³/mol. The Bertz CT molecular complexity index is 2040. The number of anilines is 1. The molecule has 2 aromatic heterocycles. The lowest BCUT2D eigenvalue weighted by Gasteiger charge is -2.38. The zero-order valence-corrected chi connectivity index (χ0v) is 30.5. The van der Waals surface area contributed by atoms with E-state index < -0.39 is 17.2 Å². The number of aromatic nitrogens is 3. The zero-order valence-electron chi connectivity index (χ0n) is 30.5. The van der Waals surface area contributed by atoms with Gasteiger partial charge >= 0.3 is 12.1 Å². The van der Waals surface area contributed by atoms with E-state index in [1.807, 2.05) is 11.8 Å². The van der Waals surface area contributed by atoms with Crippen LogP contribution < -0.4 is 9.64 Å². The summed E-state index contributed by atoms with van der Waals surface area (Å²) in [7, 11) is 0. The first-order valence-electron chi connectivity index (χ1n) is 19.2. The van der Waals surface area contributed by atoms with Crippen molar-refractivity contribution in [3.05, 3.63) is 47.7 Å². The Kier molecular flexibility index (Phi) is 9.51. The summed E-state index contributed by atoms with van der Waals surface area (Å²) in [5.41, 5.74) is -0.683. The number of β-amino-alcohol motifs (C(OH)–C–C–N with tert-alkyl or cyclic N) is 1. The van der Waals surface area contributed by atoms with Gasteiger partial charge < -0.3 is 29.5 Å². The number of phenolic OH excluding ortho intramolecular Hbond substituents is 1. The number of hydrogen-bond acceptors (Lipinski definition) is 10. The summed E-state index contributed by atoms with van der Waals surface area (Å²) in [6.45, 7) is 7.45. The molecule has 2 aromatic carbocycles. The van der Waals surface area contributed by atoms with E-state index in [0.29, 0.717) is 60.0 Å². The van der Waals surface area contributed by atoms with Crippen LogP contribution in [0.4, 0.5) is 19.4 Å². The summed E-state index contributed by atoms with van der Waals surface area (Å²) in [5, 5.41) is 23.1. The van der Waals surface area contributed by atoms with Gasteiger partial charge in [-0.2, -0.15) is 9.97 Å². The van der Waals surface area contributed by atoms with E-state index in [-0.39, 0.29) is 59.4 Å². The van der Waals surface area contributed by atoms with Gasteiger partial charge in [0, 0.05) is 44.0 Å². The van der Waals surface area contributed by atoms with Crippen molar-refractivity contribution >= 4 is 33.6 Å². The number of halogens is 2. The van der Waals surface area contributed by atoms with Crippen LogP contribution in [-0.4, -0.2) is 104 Å². The number of ether oxygens (including phenoxy) is 2. The average Bonchev–Trinajstić information content (AvgIpc) is 3.72. The van der Waals surface area contributed by atoms with E-state index in [1.165, 1.54) is 24.4 Å². The van der Waals surface area contributed by atoms with E-state index >= 15 is 8.78 Å². The van der Waals surface area contributed by atoms with Crippen molar-refractivity contribution in [1.29, 1.82) is 0 Å². The molecule has 0 aliphatic carbocycles. The van der Waals surface area contributed by atoms with Crippen molar-refractivity contribution in [3.8, 4) is 23.0 Å². The van der Waals surface area contributed by atoms with Crippen LogP contribution in [0.5, 0.6) is 11.8 Å². The summed E-state index contributed by atoms with van der Waals surface area (Å²) in [5.74, 6) is -0.837. The van der Waals surface area contributed by atoms with Crippen LogP contribution in [0.25, 0.3) is 32.9 Å². The SMILES string of the molecule is CCc1c(F)ccc2cc(O)cc(-c3ncc4c(N5CCC[C@@](C)(O)C5)nc(OC[C@@]56CCCN5[C@H](COC(=O)N5CCCCC5)CC6)nc4c3F)c12. The highest BCUT2D eigenvalue weighted by Gasteiger charge is 2.50. The molecule has 2 N–H and O–H groups in total. The Labute approximate surface area is 307 Å². The number of benzene rings is 2. The number of aromatic hydroxyl groups is 1. The number of rotatable bonds is 8. The molecule has 53 heavy (non-hydrogen) atoms. The molecule has 1 amide bonds. The lowest BCUT2D eigenvalue weighted by Crippen LogP contribution is -2.48. The number of likely N-dealkylation sites (tertiary alicyclic amines) is 1. The molecular formula is C40H48F2N6O5. The molecule has 13 heteroatoms. The van der Waals surface area contributed by atoms with E-state index in [2.05, 4.69) is 14.9 Å². The van der Waals surface area contributed by atoms with E-state index in [4.69, 9.17) is 14.5 Å². The van der Waals surface area contributed by atoms with Gasteiger partial charge in [0.25, 0.3) is 0 Å². The van der Waals surface area contributed by atoms with Crippen molar-refractivity contribution in [2.24, 2.45) is 0 Å². The Morgan fingerprint density at radius 3 is 2.62 bits per heavy atom. The van der Waals surface area contributed by atoms with Gasteiger partial charge in [-0.3, -0.25) is 9.88 Å². The fraction of sp³-hybridized carbons (Fsp3) is 0.550. The lowest BCUT2D eigenvalue weighted by atomic mass is 9.94. The molecule has 4 saturated heterocycles. The third-order valence-electron chi connectivity index (χ3n) is 11.9. The summed E-state index contributed by atoms with van der Waals surface area (Å²) < 4.78 is 44.3. The first-order chi connectivity index (χ1) is 25.6. The Morgan fingerprint density at radius 2 is 1.83 bits per heavy atom. The Balaban J connectivity index is 1.13. The molecule has 4 aliphatic heterocycles. The quantitative estimate of drug-likeness (QED) is 0.202. The second kappa shape index (κ2) is 14.1. The molecule has 11 nitrogen and oxygen atoms in total. The average molecular weight is 731 g/mol. The van der Waals surface area contributed by atoms with Crippen molar-refractivity contribution in [1.82, 2.24) is 24.8 Å². The minimum absolute atomic E-state index is 0.0102. The fourth-order valence-electron chi connectivity index (χ4n) is 9.27. The summed E-state index contributed by atoms with van der Waals surface area (Å²) >= 11 is 0. The number of carbonyl (C=O) groups is 1. The van der Waals surface area contributed by atoms with E-state index in [1.54, 1.807) is 17.9 Å². The molecular weight excluding hydrogens is 682 g/mol. The third-order valence-corrected chi connectivity index (χ3v) is 11.9. The monoisotopic (exact) mass is 730 g/mol. The predicted octanol–water partition coefficient (Wildman–Crippen LogP) is 6.74. The van der Waals surface area contributed by atoms with Gasteiger partial charge in [0.1, 0.15) is 41.8 Å². The fourth-order valence-corrected chi connectivity index (χ4v) is 9.27. The van der Waals surface area contributed by atoms with Crippen LogP contribution in [0.15, 0.2) is 30.5 Å². The van der Waals surface area contributed by atoms with Crippen LogP contribution in [0, 0.1) is 11.6 Å². The van der Waals surface area contributed by atoms with Gasteiger partial charge in [-0.15, -0.1) is 0 Å². The highest BCUT2D eigenvalue weighted by atomic mass is 19.1. The number of nitrogens with zero attached hydrogens (tertiary/aromatic N) is 6. The van der Waals surface area contributed by atoms with E-state index in [9.17, 15) is 15.0 Å². The largest absolute Gasteiger partial charge is 0.508 e. The maximum absolute atomic E-state index is 17.0. The second-order valence-electron chi connectivity index (χ2n) is 15.6. The molecule has 8 rings (SSSR count). The van der Waals surface area contributed by atoms with Crippen molar-refractivity contribution in [3.63, 3.8) is 0 Å². The highest BCUT2D eigenvalue weighted by molar-refractivity contribution is 6.01. The normalized spacial score (nSPS) is 25.0. The molecule has 0 radical (unpaired) electrons. The van der Waals surface area contributed by atoms with Gasteiger partial charge in [-0.1, -0.05) is 13.0 Å². The number of carbonyl (C=O) groups excluding carboxylic acids is 1. The number of fused-ring (bicyclic) bond motifs is 3. The van der Waals surface area contributed by atoms with Gasteiger partial charge in [0.15, 0.2) is 5.82 Å². The van der Waals surface area contributed by atoms with Crippen LogP contribution in [0.1, 0.15) is 77.2 Å². The number of phenols is 1. The van der Waals surface area contributed by atoms with Gasteiger partial charge in [0.05, 0.1) is 16.5 Å². The molecule has 0 unspecified atom stereocenters. The molecule has 3 atom stereocenters. The first-order valence-corrected chi connectivity index (χ1v) is 19.2. The van der Waals surface area contributed by atoms with Gasteiger partial charge in [-0.05, 0) is 112 Å². The third kappa shape index (κ3) is 6.71. The maximum Gasteiger partial charge on any atom is 0.409 e. The lowest BCUT2D eigenvalue weighted by molar-refractivity contribution is 0.0414. The highest BCUT2D eigenvalue weighted by Crippen LogP contribution is 2.44. The second-order valence-corrected chi connectivity index (χ2v) is 15.6. The molecule has 6 heterocycles. The van der Waals surface area contributed by atoms with Gasteiger partial charge in [0.2, 0.25) is 0 Å². The minimum Gasteiger partial charge on any atom is -0.508 e. The Hall–Kier alpha value is -4.36. The van der Waals surface area contributed by atoms with Crippen LogP contribution >= 0.6 is 0 Å². The van der Waals surface area contributed by atoms with E-state index in [0.717, 1.165) is 64.6 Å². The van der Waals surface area contributed by atoms with Crippen molar-refractivity contribution in [2.75, 3.05) is 50.8 Å². The van der Waals surface area contributed by atoms with Crippen LogP contribution in [0.2, 0.25) is 0 Å². The summed E-state index contributed by atoms with van der Waals surface area (Å²) in [6.07, 6.45) is 9.74.